The largest absolute Gasteiger partial charge is 0.459 e. The van der Waals surface area contributed by atoms with E-state index >= 15 is 0 Å². The van der Waals surface area contributed by atoms with Crippen molar-refractivity contribution in [2.45, 2.75) is 52.1 Å². The van der Waals surface area contributed by atoms with E-state index in [0.29, 0.717) is 0 Å². The Morgan fingerprint density at radius 2 is 2.08 bits per heavy atom. The van der Waals surface area contributed by atoms with Gasteiger partial charge in [0.15, 0.2) is 0 Å². The maximum atomic E-state index is 10.6. The van der Waals surface area contributed by atoms with Gasteiger partial charge in [-0.05, 0) is 26.2 Å². The molecule has 2 nitrogen and oxygen atoms in total. The molecule has 71 valence electrons. The second-order valence-electron chi connectivity index (χ2n) is 3.38. The molecule has 0 aliphatic heterocycles. The lowest BCUT2D eigenvalue weighted by Crippen LogP contribution is -2.29. The van der Waals surface area contributed by atoms with E-state index in [4.69, 9.17) is 4.74 Å². The summed E-state index contributed by atoms with van der Waals surface area (Å²) in [6.07, 6.45) is 4.01. The van der Waals surface area contributed by atoms with E-state index in [1.807, 2.05) is 13.8 Å². The summed E-state index contributed by atoms with van der Waals surface area (Å²) >= 11 is 0. The topological polar surface area (TPSA) is 26.3 Å². The molecule has 0 saturated carbocycles. The van der Waals surface area contributed by atoms with Crippen molar-refractivity contribution in [2.24, 2.45) is 0 Å². The Morgan fingerprint density at radius 1 is 1.50 bits per heavy atom. The second kappa shape index (κ2) is 5.18. The van der Waals surface area contributed by atoms with Crippen LogP contribution in [0, 0.1) is 6.92 Å². The van der Waals surface area contributed by atoms with Gasteiger partial charge in [0.2, 0.25) is 0 Å². The summed E-state index contributed by atoms with van der Waals surface area (Å²) in [5, 5.41) is 0. The number of carbonyl (C=O) groups excluding carboxylic acids is 1. The van der Waals surface area contributed by atoms with E-state index in [1.165, 1.54) is 0 Å². The van der Waals surface area contributed by atoms with Gasteiger partial charge in [-0.3, -0.25) is 4.79 Å². The summed E-state index contributed by atoms with van der Waals surface area (Å²) in [7, 11) is 0. The molecule has 0 bridgehead atoms. The quantitative estimate of drug-likeness (QED) is 0.594. The van der Waals surface area contributed by atoms with Crippen LogP contribution in [0.2, 0.25) is 0 Å². The fourth-order valence-electron chi connectivity index (χ4n) is 1.13. The van der Waals surface area contributed by atoms with Crippen molar-refractivity contribution in [3.63, 3.8) is 0 Å². The molecule has 0 fully saturated rings. The zero-order valence-corrected chi connectivity index (χ0v) is 8.35. The van der Waals surface area contributed by atoms with Gasteiger partial charge in [0.05, 0.1) is 6.92 Å². The SMILES string of the molecule is [CH2]C(=O)OC(C)(CC)CCCC. The van der Waals surface area contributed by atoms with Crippen LogP contribution in [0.4, 0.5) is 0 Å². The average molecular weight is 171 g/mol. The van der Waals surface area contributed by atoms with Gasteiger partial charge in [0.1, 0.15) is 5.60 Å². The van der Waals surface area contributed by atoms with E-state index in [1.54, 1.807) is 0 Å². The van der Waals surface area contributed by atoms with E-state index < -0.39 is 5.97 Å². The van der Waals surface area contributed by atoms with Gasteiger partial charge in [-0.2, -0.15) is 0 Å². The van der Waals surface area contributed by atoms with E-state index in [9.17, 15) is 4.79 Å². The standard InChI is InChI=1S/C10H19O2/c1-5-7-8-10(4,6-2)12-9(3)11/h3,5-8H2,1-2,4H3. The third kappa shape index (κ3) is 4.37. The smallest absolute Gasteiger partial charge is 0.306 e. The minimum atomic E-state index is -0.421. The number of esters is 1. The molecule has 1 unspecified atom stereocenters. The summed E-state index contributed by atoms with van der Waals surface area (Å²) in [4.78, 5) is 10.6. The first-order valence-electron chi connectivity index (χ1n) is 4.59. The van der Waals surface area contributed by atoms with Crippen LogP contribution in [0.25, 0.3) is 0 Å². The Balaban J connectivity index is 3.95. The zero-order chi connectivity index (χ0) is 9.61. The van der Waals surface area contributed by atoms with Crippen molar-refractivity contribution in [3.05, 3.63) is 6.92 Å². The van der Waals surface area contributed by atoms with E-state index in [0.717, 1.165) is 25.7 Å². The number of ether oxygens (including phenoxy) is 1. The summed E-state index contributed by atoms with van der Waals surface area (Å²) in [5.41, 5.74) is -0.297. The Labute approximate surface area is 75.3 Å². The Hall–Kier alpha value is -0.530. The van der Waals surface area contributed by atoms with Gasteiger partial charge in [-0.15, -0.1) is 0 Å². The van der Waals surface area contributed by atoms with Crippen molar-refractivity contribution in [1.82, 2.24) is 0 Å². The first-order valence-corrected chi connectivity index (χ1v) is 4.59. The van der Waals surface area contributed by atoms with Gasteiger partial charge in [0, 0.05) is 0 Å². The van der Waals surface area contributed by atoms with Crippen LogP contribution < -0.4 is 0 Å². The Kier molecular flexibility index (Phi) is 4.95. The molecular formula is C10H19O2. The zero-order valence-electron chi connectivity index (χ0n) is 8.35. The molecule has 0 aromatic carbocycles. The molecule has 0 heterocycles. The fraction of sp³-hybridized carbons (Fsp3) is 0.800. The van der Waals surface area contributed by atoms with Crippen LogP contribution in [0.15, 0.2) is 0 Å². The molecule has 0 rings (SSSR count). The lowest BCUT2D eigenvalue weighted by Gasteiger charge is -2.27. The van der Waals surface area contributed by atoms with Crippen LogP contribution in [-0.4, -0.2) is 11.6 Å². The van der Waals surface area contributed by atoms with E-state index in [-0.39, 0.29) is 5.60 Å². The maximum absolute atomic E-state index is 10.6. The van der Waals surface area contributed by atoms with Gasteiger partial charge < -0.3 is 4.74 Å². The Bertz CT molecular complexity index is 143. The minimum Gasteiger partial charge on any atom is -0.459 e. The summed E-state index contributed by atoms with van der Waals surface area (Å²) in [5.74, 6) is -0.421. The first kappa shape index (κ1) is 11.5. The molecule has 2 heteroatoms. The van der Waals surface area contributed by atoms with Gasteiger partial charge >= 0.3 is 5.97 Å². The number of hydrogen-bond donors (Lipinski definition) is 0. The highest BCUT2D eigenvalue weighted by molar-refractivity contribution is 5.74. The molecule has 0 N–H and O–H groups in total. The number of hydrogen-bond acceptors (Lipinski definition) is 2. The number of unbranched alkanes of at least 4 members (excludes halogenated alkanes) is 1. The van der Waals surface area contributed by atoms with Gasteiger partial charge in [-0.25, -0.2) is 0 Å². The predicted octanol–water partition coefficient (Wildman–Crippen LogP) is 2.72. The third-order valence-corrected chi connectivity index (χ3v) is 2.17. The van der Waals surface area contributed by atoms with Crippen LogP contribution in [-0.2, 0) is 9.53 Å². The van der Waals surface area contributed by atoms with Gasteiger partial charge in [-0.1, -0.05) is 20.3 Å². The molecule has 1 radical (unpaired) electrons. The van der Waals surface area contributed by atoms with Gasteiger partial charge in [0.25, 0.3) is 0 Å². The summed E-state index contributed by atoms with van der Waals surface area (Å²) in [6, 6.07) is 0. The molecule has 0 aliphatic carbocycles. The molecule has 1 atom stereocenters. The molecule has 0 aromatic rings. The lowest BCUT2D eigenvalue weighted by atomic mass is 9.96. The molecule has 0 amide bonds. The normalized spacial score (nSPS) is 15.3. The number of carbonyl (C=O) groups is 1. The molecule has 0 aliphatic rings. The third-order valence-electron chi connectivity index (χ3n) is 2.17. The highest BCUT2D eigenvalue weighted by Crippen LogP contribution is 2.22. The second-order valence-corrected chi connectivity index (χ2v) is 3.38. The highest BCUT2D eigenvalue weighted by Gasteiger charge is 2.24. The van der Waals surface area contributed by atoms with Crippen LogP contribution in [0.1, 0.15) is 46.5 Å². The fourth-order valence-corrected chi connectivity index (χ4v) is 1.13. The molecular weight excluding hydrogens is 152 g/mol. The monoisotopic (exact) mass is 171 g/mol. The summed E-state index contributed by atoms with van der Waals surface area (Å²) in [6.45, 7) is 9.34. The van der Waals surface area contributed by atoms with Crippen LogP contribution in [0.3, 0.4) is 0 Å². The lowest BCUT2D eigenvalue weighted by molar-refractivity contribution is -0.153. The van der Waals surface area contributed by atoms with Crippen molar-refractivity contribution in [2.75, 3.05) is 0 Å². The molecule has 12 heavy (non-hydrogen) atoms. The van der Waals surface area contributed by atoms with E-state index in [2.05, 4.69) is 13.8 Å². The first-order chi connectivity index (χ1) is 5.54. The minimum absolute atomic E-state index is 0.297. The molecule has 0 spiro atoms. The number of rotatable bonds is 5. The average Bonchev–Trinajstić information content (AvgIpc) is 2.00. The summed E-state index contributed by atoms with van der Waals surface area (Å²) < 4.78 is 5.14. The van der Waals surface area contributed by atoms with Crippen molar-refractivity contribution >= 4 is 5.97 Å². The van der Waals surface area contributed by atoms with Crippen LogP contribution in [0.5, 0.6) is 0 Å². The van der Waals surface area contributed by atoms with Crippen LogP contribution >= 0.6 is 0 Å². The molecule has 0 aromatic heterocycles. The van der Waals surface area contributed by atoms with Crippen molar-refractivity contribution in [1.29, 1.82) is 0 Å². The highest BCUT2D eigenvalue weighted by atomic mass is 16.6. The maximum Gasteiger partial charge on any atom is 0.306 e. The Morgan fingerprint density at radius 3 is 2.42 bits per heavy atom. The van der Waals surface area contributed by atoms with Crippen molar-refractivity contribution in [3.8, 4) is 0 Å². The van der Waals surface area contributed by atoms with Crippen molar-refractivity contribution < 1.29 is 9.53 Å². The molecule has 0 saturated heterocycles. The predicted molar refractivity (Wildman–Crippen MR) is 49.7 cm³/mol.